The Morgan fingerprint density at radius 3 is 0.133 bits per heavy atom. The van der Waals surface area contributed by atoms with Gasteiger partial charge in [0.15, 0.2) is 0 Å². The summed E-state index contributed by atoms with van der Waals surface area (Å²) < 4.78 is 110. The van der Waals surface area contributed by atoms with Gasteiger partial charge in [-0.05, 0) is 0 Å². The lowest BCUT2D eigenvalue weighted by atomic mass is 10.6. The molecule has 360 valence electrons. The Hall–Kier alpha value is -0.800. The van der Waals surface area contributed by atoms with E-state index in [0.29, 0.717) is 264 Å². The Morgan fingerprint density at radius 1 is 0.0667 bits per heavy atom. The van der Waals surface area contributed by atoms with Gasteiger partial charge in [-0.3, -0.25) is 0 Å². The molecule has 1 rings (SSSR count). The second kappa shape index (κ2) is 54.3. The molecule has 0 amide bonds. The van der Waals surface area contributed by atoms with Crippen LogP contribution in [0.5, 0.6) is 0 Å². The van der Waals surface area contributed by atoms with Crippen LogP contribution in [0.15, 0.2) is 0 Å². The van der Waals surface area contributed by atoms with Crippen molar-refractivity contribution in [2.45, 2.75) is 0 Å². The van der Waals surface area contributed by atoms with E-state index in [1.807, 2.05) is 0 Å². The predicted octanol–water partition coefficient (Wildman–Crippen LogP) is 0.332. The molecule has 1 heterocycles. The summed E-state index contributed by atoms with van der Waals surface area (Å²) in [6.45, 7) is 19.9. The van der Waals surface area contributed by atoms with Gasteiger partial charge in [0.2, 0.25) is 0 Å². The topological polar surface area (TPSA) is 185 Å². The van der Waals surface area contributed by atoms with E-state index in [4.69, 9.17) is 94.7 Å². The third kappa shape index (κ3) is 51.5. The van der Waals surface area contributed by atoms with Crippen molar-refractivity contribution in [3.8, 4) is 0 Å². The zero-order valence-corrected chi connectivity index (χ0v) is 36.4. The van der Waals surface area contributed by atoms with E-state index in [-0.39, 0.29) is 0 Å². The fourth-order valence-electron chi connectivity index (χ4n) is 4.40. The van der Waals surface area contributed by atoms with Crippen molar-refractivity contribution < 1.29 is 94.7 Å². The molecule has 0 aromatic rings. The van der Waals surface area contributed by atoms with E-state index in [0.717, 1.165) is 0 Å². The minimum atomic E-state index is 0.497. The zero-order valence-electron chi connectivity index (χ0n) is 36.4. The third-order valence-corrected chi connectivity index (χ3v) is 7.44. The maximum Gasteiger partial charge on any atom is 0.0701 e. The number of hydrogen-bond acceptors (Lipinski definition) is 20. The summed E-state index contributed by atoms with van der Waals surface area (Å²) in [5.41, 5.74) is 0. The van der Waals surface area contributed by atoms with Crippen LogP contribution < -0.4 is 0 Å². The van der Waals surface area contributed by atoms with Gasteiger partial charge < -0.3 is 94.7 Å². The van der Waals surface area contributed by atoms with E-state index in [9.17, 15) is 0 Å². The maximum atomic E-state index is 5.51. The van der Waals surface area contributed by atoms with Gasteiger partial charge in [-0.2, -0.15) is 0 Å². The number of rotatable bonds is 0. The van der Waals surface area contributed by atoms with Crippen molar-refractivity contribution in [3.05, 3.63) is 0 Å². The first-order valence-electron chi connectivity index (χ1n) is 21.5. The molecule has 1 fully saturated rings. The van der Waals surface area contributed by atoms with E-state index in [2.05, 4.69) is 0 Å². The Bertz CT molecular complexity index is 410. The molecule has 0 N–H and O–H groups in total. The molecular formula is C40H80O20. The van der Waals surface area contributed by atoms with Crippen LogP contribution in [-0.2, 0) is 94.7 Å². The summed E-state index contributed by atoms with van der Waals surface area (Å²) in [5.74, 6) is 0. The van der Waals surface area contributed by atoms with Crippen molar-refractivity contribution >= 4 is 0 Å². The van der Waals surface area contributed by atoms with Gasteiger partial charge in [-0.15, -0.1) is 0 Å². The molecule has 0 spiro atoms. The van der Waals surface area contributed by atoms with Crippen molar-refractivity contribution in [2.24, 2.45) is 0 Å². The SMILES string of the molecule is C1COCCOCCOCCOCCOCCOCCOCCOCCOCCOCCOCCOCCOCCOCCOCCOCCOCCOCCOCCO1. The molecule has 60 heavy (non-hydrogen) atoms. The van der Waals surface area contributed by atoms with Gasteiger partial charge in [-0.25, -0.2) is 0 Å². The standard InChI is InChI=1S/C40H80O20/c1-2-42-5-6-44-9-10-46-13-14-48-17-18-50-21-22-52-25-26-54-29-30-56-33-34-58-37-38-60-40-39-59-36-35-57-32-31-55-28-27-53-24-23-51-20-19-49-16-15-47-12-11-45-8-7-43-4-3-41-1/h1-40H2. The zero-order chi connectivity index (χ0) is 42.4. The van der Waals surface area contributed by atoms with Gasteiger partial charge in [0, 0.05) is 0 Å². The fraction of sp³-hybridized carbons (Fsp3) is 1.00. The molecule has 20 heteroatoms. The van der Waals surface area contributed by atoms with Gasteiger partial charge in [0.25, 0.3) is 0 Å². The molecule has 0 saturated carbocycles. The van der Waals surface area contributed by atoms with Gasteiger partial charge in [0.1, 0.15) is 0 Å². The van der Waals surface area contributed by atoms with Crippen LogP contribution in [0.25, 0.3) is 0 Å². The molecular weight excluding hydrogens is 800 g/mol. The highest BCUT2D eigenvalue weighted by molar-refractivity contribution is 4.42. The van der Waals surface area contributed by atoms with E-state index in [1.165, 1.54) is 0 Å². The van der Waals surface area contributed by atoms with E-state index >= 15 is 0 Å². The molecule has 0 aliphatic carbocycles. The van der Waals surface area contributed by atoms with Gasteiger partial charge in [-0.1, -0.05) is 0 Å². The smallest absolute Gasteiger partial charge is 0.0701 e. The van der Waals surface area contributed by atoms with Crippen LogP contribution in [0.2, 0.25) is 0 Å². The lowest BCUT2D eigenvalue weighted by Crippen LogP contribution is -2.16. The molecule has 20 nitrogen and oxygen atoms in total. The Balaban J connectivity index is 2.00. The highest BCUT2D eigenvalue weighted by Crippen LogP contribution is 1.90. The Kier molecular flexibility index (Phi) is 51.8. The Morgan fingerprint density at radius 2 is 0.100 bits per heavy atom. The normalized spacial score (nSPS) is 24.0. The molecule has 1 aliphatic heterocycles. The first-order valence-corrected chi connectivity index (χ1v) is 21.5. The highest BCUT2D eigenvalue weighted by Gasteiger charge is 1.99. The van der Waals surface area contributed by atoms with Crippen molar-refractivity contribution in [1.29, 1.82) is 0 Å². The lowest BCUT2D eigenvalue weighted by Gasteiger charge is -2.09. The lowest BCUT2D eigenvalue weighted by molar-refractivity contribution is -0.0334. The van der Waals surface area contributed by atoms with Crippen molar-refractivity contribution in [1.82, 2.24) is 0 Å². The summed E-state index contributed by atoms with van der Waals surface area (Å²) >= 11 is 0. The molecule has 0 atom stereocenters. The first kappa shape index (κ1) is 57.2. The quantitative estimate of drug-likeness (QED) is 0.324. The summed E-state index contributed by atoms with van der Waals surface area (Å²) in [5, 5.41) is 0. The summed E-state index contributed by atoms with van der Waals surface area (Å²) in [6, 6.07) is 0. The summed E-state index contributed by atoms with van der Waals surface area (Å²) in [4.78, 5) is 0. The second-order valence-corrected chi connectivity index (χ2v) is 12.2. The summed E-state index contributed by atoms with van der Waals surface area (Å²) in [7, 11) is 0. The average molecular weight is 881 g/mol. The van der Waals surface area contributed by atoms with Crippen LogP contribution in [-0.4, -0.2) is 264 Å². The van der Waals surface area contributed by atoms with E-state index < -0.39 is 0 Å². The maximum absolute atomic E-state index is 5.51. The second-order valence-electron chi connectivity index (χ2n) is 12.2. The number of hydrogen-bond donors (Lipinski definition) is 0. The molecule has 1 saturated heterocycles. The summed E-state index contributed by atoms with van der Waals surface area (Å²) in [6.07, 6.45) is 0. The largest absolute Gasteiger partial charge is 0.377 e. The van der Waals surface area contributed by atoms with Crippen molar-refractivity contribution in [2.75, 3.05) is 264 Å². The Labute approximate surface area is 358 Å². The molecule has 0 unspecified atom stereocenters. The minimum absolute atomic E-state index is 0.497. The molecule has 0 aromatic carbocycles. The number of ether oxygens (including phenoxy) is 20. The van der Waals surface area contributed by atoms with Crippen LogP contribution in [0.3, 0.4) is 0 Å². The highest BCUT2D eigenvalue weighted by atomic mass is 16.6. The van der Waals surface area contributed by atoms with Crippen LogP contribution in [0.4, 0.5) is 0 Å². The monoisotopic (exact) mass is 881 g/mol. The fourth-order valence-corrected chi connectivity index (χ4v) is 4.40. The van der Waals surface area contributed by atoms with Crippen LogP contribution >= 0.6 is 0 Å². The van der Waals surface area contributed by atoms with Crippen LogP contribution in [0, 0.1) is 0 Å². The molecule has 0 radical (unpaired) electrons. The predicted molar refractivity (Wildman–Crippen MR) is 216 cm³/mol. The molecule has 0 bridgehead atoms. The van der Waals surface area contributed by atoms with Gasteiger partial charge in [0.05, 0.1) is 264 Å². The van der Waals surface area contributed by atoms with Crippen LogP contribution in [0.1, 0.15) is 0 Å². The average Bonchev–Trinajstić information content (AvgIpc) is 3.26. The molecule has 1 aliphatic rings. The third-order valence-electron chi connectivity index (χ3n) is 7.44. The minimum Gasteiger partial charge on any atom is -0.377 e. The van der Waals surface area contributed by atoms with Crippen molar-refractivity contribution in [3.63, 3.8) is 0 Å². The van der Waals surface area contributed by atoms with E-state index in [1.54, 1.807) is 0 Å². The molecule has 0 aromatic heterocycles. The first-order chi connectivity index (χ1) is 30.0. The van der Waals surface area contributed by atoms with Gasteiger partial charge >= 0.3 is 0 Å².